The number of hydrogen-bond acceptors (Lipinski definition) is 4. The second kappa shape index (κ2) is 5.59. The Morgan fingerprint density at radius 3 is 2.96 bits per heavy atom. The highest BCUT2D eigenvalue weighted by atomic mass is 19.1. The number of hydrogen-bond donors (Lipinski definition) is 1. The maximum absolute atomic E-state index is 13.7. The van der Waals surface area contributed by atoms with E-state index in [-0.39, 0.29) is 29.6 Å². The number of carbonyl (C=O) groups excluding carboxylic acids is 1. The number of aryl methyl sites for hydroxylation is 1. The molecule has 1 N–H and O–H groups in total. The molecule has 1 fully saturated rings. The van der Waals surface area contributed by atoms with Crippen LogP contribution in [0.4, 0.5) is 10.2 Å². The predicted molar refractivity (Wildman–Crippen MR) is 86.1 cm³/mol. The lowest BCUT2D eigenvalue weighted by Crippen LogP contribution is -2.34. The fourth-order valence-electron chi connectivity index (χ4n) is 3.83. The molecule has 3 atom stereocenters. The van der Waals surface area contributed by atoms with E-state index in [4.69, 9.17) is 4.74 Å². The summed E-state index contributed by atoms with van der Waals surface area (Å²) in [6.45, 7) is 1.06. The average molecular weight is 330 g/mol. The Labute approximate surface area is 139 Å². The number of nitrogens with zero attached hydrogens (tertiary/aromatic N) is 3. The van der Waals surface area contributed by atoms with Gasteiger partial charge in [0, 0.05) is 43.4 Å². The number of halogens is 1. The van der Waals surface area contributed by atoms with Crippen molar-refractivity contribution in [2.75, 3.05) is 25.5 Å². The van der Waals surface area contributed by atoms with Crippen LogP contribution >= 0.6 is 0 Å². The van der Waals surface area contributed by atoms with E-state index in [1.54, 1.807) is 30.1 Å². The van der Waals surface area contributed by atoms with Crippen molar-refractivity contribution in [1.82, 2.24) is 14.7 Å². The van der Waals surface area contributed by atoms with Gasteiger partial charge in [0.2, 0.25) is 5.91 Å². The molecule has 7 heteroatoms. The van der Waals surface area contributed by atoms with Crippen molar-refractivity contribution in [3.05, 3.63) is 41.8 Å². The SMILES string of the molecule is CN1C[C@@H](C(=O)Nc2ccn(C)n2)[C@@H]2COc3ccc(F)cc3[C@@H]21. The van der Waals surface area contributed by atoms with Crippen molar-refractivity contribution in [1.29, 1.82) is 0 Å². The lowest BCUT2D eigenvalue weighted by Gasteiger charge is -2.32. The fourth-order valence-corrected chi connectivity index (χ4v) is 3.83. The highest BCUT2D eigenvalue weighted by Crippen LogP contribution is 2.46. The molecule has 0 saturated carbocycles. The first-order chi connectivity index (χ1) is 11.5. The van der Waals surface area contributed by atoms with E-state index in [0.29, 0.717) is 24.7 Å². The van der Waals surface area contributed by atoms with Crippen LogP contribution in [-0.2, 0) is 11.8 Å². The van der Waals surface area contributed by atoms with Gasteiger partial charge in [0.1, 0.15) is 11.6 Å². The number of ether oxygens (including phenoxy) is 1. The number of rotatable bonds is 2. The smallest absolute Gasteiger partial charge is 0.230 e. The lowest BCUT2D eigenvalue weighted by atomic mass is 9.85. The van der Waals surface area contributed by atoms with Crippen molar-refractivity contribution < 1.29 is 13.9 Å². The first kappa shape index (κ1) is 15.1. The molecule has 6 nitrogen and oxygen atoms in total. The van der Waals surface area contributed by atoms with E-state index in [1.807, 2.05) is 7.05 Å². The molecule has 0 unspecified atom stereocenters. The van der Waals surface area contributed by atoms with Crippen LogP contribution < -0.4 is 10.1 Å². The zero-order chi connectivity index (χ0) is 16.8. The molecule has 1 amide bonds. The molecule has 3 heterocycles. The second-order valence-corrected chi connectivity index (χ2v) is 6.51. The van der Waals surface area contributed by atoms with Crippen molar-refractivity contribution in [2.45, 2.75) is 6.04 Å². The van der Waals surface area contributed by atoms with Gasteiger partial charge in [-0.15, -0.1) is 0 Å². The molecule has 1 aromatic carbocycles. The van der Waals surface area contributed by atoms with Crippen LogP contribution in [0.3, 0.4) is 0 Å². The Morgan fingerprint density at radius 1 is 1.38 bits per heavy atom. The van der Waals surface area contributed by atoms with Gasteiger partial charge in [0.05, 0.1) is 12.5 Å². The highest BCUT2D eigenvalue weighted by molar-refractivity contribution is 5.92. The van der Waals surface area contributed by atoms with Crippen LogP contribution in [0.25, 0.3) is 0 Å². The molecular formula is C17H19FN4O2. The summed E-state index contributed by atoms with van der Waals surface area (Å²) in [5.74, 6) is 0.655. The molecule has 0 spiro atoms. The number of aromatic nitrogens is 2. The summed E-state index contributed by atoms with van der Waals surface area (Å²) in [5, 5.41) is 7.05. The molecule has 0 radical (unpaired) electrons. The Morgan fingerprint density at radius 2 is 2.21 bits per heavy atom. The normalized spacial score (nSPS) is 25.7. The number of anilines is 1. The van der Waals surface area contributed by atoms with Crippen LogP contribution in [0.1, 0.15) is 11.6 Å². The minimum atomic E-state index is -0.284. The summed E-state index contributed by atoms with van der Waals surface area (Å²) >= 11 is 0. The van der Waals surface area contributed by atoms with Gasteiger partial charge >= 0.3 is 0 Å². The van der Waals surface area contributed by atoms with Crippen LogP contribution in [-0.4, -0.2) is 40.8 Å². The van der Waals surface area contributed by atoms with Crippen molar-refractivity contribution in [3.8, 4) is 5.75 Å². The zero-order valence-corrected chi connectivity index (χ0v) is 13.6. The third-order valence-electron chi connectivity index (χ3n) is 4.91. The standard InChI is InChI=1S/C17H19FN4O2/c1-21-8-12(17(23)19-15-5-6-22(2)20-15)13-9-24-14-4-3-10(18)7-11(14)16(13)21/h3-7,12-13,16H,8-9H2,1-2H3,(H,19,20,23)/t12-,13+,16+/m1/s1. The van der Waals surface area contributed by atoms with Crippen LogP contribution in [0, 0.1) is 17.7 Å². The minimum Gasteiger partial charge on any atom is -0.493 e. The second-order valence-electron chi connectivity index (χ2n) is 6.51. The summed E-state index contributed by atoms with van der Waals surface area (Å²) < 4.78 is 21.1. The molecule has 2 aromatic rings. The van der Waals surface area contributed by atoms with Gasteiger partial charge in [-0.05, 0) is 25.2 Å². The van der Waals surface area contributed by atoms with Gasteiger partial charge in [-0.2, -0.15) is 5.10 Å². The summed E-state index contributed by atoms with van der Waals surface area (Å²) in [6, 6.07) is 6.33. The number of fused-ring (bicyclic) bond motifs is 3. The van der Waals surface area contributed by atoms with Gasteiger partial charge < -0.3 is 10.1 Å². The quantitative estimate of drug-likeness (QED) is 0.912. The zero-order valence-electron chi connectivity index (χ0n) is 13.6. The van der Waals surface area contributed by atoms with Crippen LogP contribution in [0.15, 0.2) is 30.5 Å². The van der Waals surface area contributed by atoms with Gasteiger partial charge in [0.25, 0.3) is 0 Å². The number of carbonyl (C=O) groups is 1. The summed E-state index contributed by atoms with van der Waals surface area (Å²) in [7, 11) is 3.77. The average Bonchev–Trinajstić information content (AvgIpc) is 3.11. The molecule has 24 heavy (non-hydrogen) atoms. The molecule has 1 saturated heterocycles. The Bertz CT molecular complexity index is 791. The maximum Gasteiger partial charge on any atom is 0.230 e. The van der Waals surface area contributed by atoms with Crippen LogP contribution in [0.5, 0.6) is 5.75 Å². The van der Waals surface area contributed by atoms with E-state index in [1.165, 1.54) is 12.1 Å². The number of nitrogens with one attached hydrogen (secondary N) is 1. The molecule has 4 rings (SSSR count). The van der Waals surface area contributed by atoms with E-state index < -0.39 is 0 Å². The molecule has 2 aliphatic rings. The highest BCUT2D eigenvalue weighted by Gasteiger charge is 2.47. The molecule has 126 valence electrons. The van der Waals surface area contributed by atoms with Gasteiger partial charge in [-0.25, -0.2) is 4.39 Å². The third-order valence-corrected chi connectivity index (χ3v) is 4.91. The molecule has 0 aliphatic carbocycles. The maximum atomic E-state index is 13.7. The first-order valence-corrected chi connectivity index (χ1v) is 7.96. The number of likely N-dealkylation sites (tertiary alicyclic amines) is 1. The van der Waals surface area contributed by atoms with Gasteiger partial charge in [-0.3, -0.25) is 14.4 Å². The largest absolute Gasteiger partial charge is 0.493 e. The molecule has 2 aliphatic heterocycles. The molecular weight excluding hydrogens is 311 g/mol. The fraction of sp³-hybridized carbons (Fsp3) is 0.412. The van der Waals surface area contributed by atoms with E-state index in [0.717, 1.165) is 5.56 Å². The molecule has 0 bridgehead atoms. The number of amides is 1. The van der Waals surface area contributed by atoms with E-state index in [9.17, 15) is 9.18 Å². The van der Waals surface area contributed by atoms with E-state index >= 15 is 0 Å². The Hall–Kier alpha value is -2.41. The van der Waals surface area contributed by atoms with Crippen molar-refractivity contribution >= 4 is 11.7 Å². The topological polar surface area (TPSA) is 59.4 Å². The Balaban J connectivity index is 1.59. The first-order valence-electron chi connectivity index (χ1n) is 7.96. The third kappa shape index (κ3) is 2.45. The van der Waals surface area contributed by atoms with Crippen molar-refractivity contribution in [2.24, 2.45) is 18.9 Å². The summed E-state index contributed by atoms with van der Waals surface area (Å²) in [5.41, 5.74) is 0.821. The summed E-state index contributed by atoms with van der Waals surface area (Å²) in [4.78, 5) is 14.8. The van der Waals surface area contributed by atoms with E-state index in [2.05, 4.69) is 15.3 Å². The predicted octanol–water partition coefficient (Wildman–Crippen LogP) is 1.81. The van der Waals surface area contributed by atoms with Crippen LogP contribution in [0.2, 0.25) is 0 Å². The van der Waals surface area contributed by atoms with Gasteiger partial charge in [-0.1, -0.05) is 0 Å². The molecule has 1 aromatic heterocycles. The number of benzene rings is 1. The monoisotopic (exact) mass is 330 g/mol. The summed E-state index contributed by atoms with van der Waals surface area (Å²) in [6.07, 6.45) is 1.78. The van der Waals surface area contributed by atoms with Gasteiger partial charge in [0.15, 0.2) is 5.82 Å². The minimum absolute atomic E-state index is 0.00647. The lowest BCUT2D eigenvalue weighted by molar-refractivity contribution is -0.121. The Kier molecular flexibility index (Phi) is 3.53. The van der Waals surface area contributed by atoms with Crippen molar-refractivity contribution in [3.63, 3.8) is 0 Å².